The fraction of sp³-hybridized carbons (Fsp3) is 0.600. The summed E-state index contributed by atoms with van der Waals surface area (Å²) in [4.78, 5) is 0. The number of rotatable bonds is 7. The van der Waals surface area contributed by atoms with E-state index in [1.165, 1.54) is 15.8 Å². The first-order chi connectivity index (χ1) is 8.86. The second-order valence-electron chi connectivity index (χ2n) is 6.01. The molecule has 0 aromatic heterocycles. The molecule has 108 valence electrons. The van der Waals surface area contributed by atoms with Crippen LogP contribution in [0.2, 0.25) is 35.4 Å². The van der Waals surface area contributed by atoms with Crippen molar-refractivity contribution in [3.63, 3.8) is 0 Å². The van der Waals surface area contributed by atoms with Crippen molar-refractivity contribution in [1.82, 2.24) is 0 Å². The predicted molar refractivity (Wildman–Crippen MR) is 88.2 cm³/mol. The minimum atomic E-state index is -2.18. The van der Waals surface area contributed by atoms with E-state index in [1.807, 2.05) is 18.2 Å². The van der Waals surface area contributed by atoms with Crippen molar-refractivity contribution in [2.24, 2.45) is 0 Å². The molecule has 0 fully saturated rings. The summed E-state index contributed by atoms with van der Waals surface area (Å²) in [5.74, 6) is 1.91. The van der Waals surface area contributed by atoms with Gasteiger partial charge in [0.1, 0.15) is 0 Å². The molecule has 0 amide bonds. The number of benzene rings is 1. The Hall–Kier alpha value is -0.420. The molecule has 1 rings (SSSR count). The van der Waals surface area contributed by atoms with Crippen LogP contribution in [-0.2, 0) is 0 Å². The van der Waals surface area contributed by atoms with Gasteiger partial charge >= 0.3 is 122 Å². The third-order valence-electron chi connectivity index (χ3n) is 3.52. The summed E-state index contributed by atoms with van der Waals surface area (Å²) in [6, 6.07) is 8.18. The van der Waals surface area contributed by atoms with Crippen LogP contribution in [0.5, 0.6) is 11.5 Å². The normalized spacial score (nSPS) is 12.3. The second kappa shape index (κ2) is 6.84. The summed E-state index contributed by atoms with van der Waals surface area (Å²) in [5.41, 5.74) is 0. The van der Waals surface area contributed by atoms with E-state index in [1.54, 1.807) is 0 Å². The van der Waals surface area contributed by atoms with E-state index in [-0.39, 0.29) is 0 Å². The van der Waals surface area contributed by atoms with E-state index in [9.17, 15) is 0 Å². The van der Waals surface area contributed by atoms with Crippen molar-refractivity contribution in [2.45, 2.75) is 56.2 Å². The third kappa shape index (κ3) is 4.88. The van der Waals surface area contributed by atoms with Gasteiger partial charge in [-0.25, -0.2) is 0 Å². The van der Waals surface area contributed by atoms with Gasteiger partial charge in [-0.1, -0.05) is 0 Å². The van der Waals surface area contributed by atoms with Crippen LogP contribution in [0.4, 0.5) is 0 Å². The molecule has 0 saturated carbocycles. The van der Waals surface area contributed by atoms with E-state index in [4.69, 9.17) is 8.19 Å². The Morgan fingerprint density at radius 2 is 1.37 bits per heavy atom. The number of para-hydroxylation sites is 2. The van der Waals surface area contributed by atoms with E-state index in [0.717, 1.165) is 11.5 Å². The summed E-state index contributed by atoms with van der Waals surface area (Å²) < 4.78 is 12.7. The molecule has 19 heavy (non-hydrogen) atoms. The van der Waals surface area contributed by atoms with Gasteiger partial charge in [-0.05, 0) is 0 Å². The zero-order valence-corrected chi connectivity index (χ0v) is 16.3. The van der Waals surface area contributed by atoms with E-state index < -0.39 is 21.9 Å². The Morgan fingerprint density at radius 3 is 1.79 bits per heavy atom. The molecule has 0 spiro atoms. The summed E-state index contributed by atoms with van der Waals surface area (Å²) >= 11 is -2.18. The van der Waals surface area contributed by atoms with Crippen LogP contribution in [0.3, 0.4) is 0 Å². The maximum absolute atomic E-state index is 6.51. The molecule has 1 aromatic carbocycles. The summed E-state index contributed by atoms with van der Waals surface area (Å²) in [7, 11) is -1.59. The monoisotopic (exact) mass is 342 g/mol. The Balaban J connectivity index is 3.00. The van der Waals surface area contributed by atoms with Gasteiger partial charge in [0.2, 0.25) is 0 Å². The fourth-order valence-electron chi connectivity index (χ4n) is 2.15. The van der Waals surface area contributed by atoms with Crippen LogP contribution in [-0.4, -0.2) is 21.9 Å². The summed E-state index contributed by atoms with van der Waals surface area (Å²) in [6.07, 6.45) is 0. The van der Waals surface area contributed by atoms with Crippen molar-refractivity contribution in [1.29, 1.82) is 0 Å². The fourth-order valence-corrected chi connectivity index (χ4v) is 8.36. The van der Waals surface area contributed by atoms with E-state index in [0.29, 0.717) is 0 Å². The third-order valence-corrected chi connectivity index (χ3v) is 13.8. The molecule has 0 unspecified atom stereocenters. The van der Waals surface area contributed by atoms with Crippen molar-refractivity contribution >= 4 is 21.9 Å². The van der Waals surface area contributed by atoms with Gasteiger partial charge in [0, 0.05) is 0 Å². The Bertz CT molecular complexity index is 389. The molecule has 0 N–H and O–H groups in total. The second-order valence-corrected chi connectivity index (χ2v) is 20.3. The molecule has 0 aliphatic carbocycles. The van der Waals surface area contributed by atoms with Crippen LogP contribution in [0.1, 0.15) is 20.8 Å². The average molecular weight is 341 g/mol. The topological polar surface area (TPSA) is 18.5 Å². The first-order valence-electron chi connectivity index (χ1n) is 7.33. The van der Waals surface area contributed by atoms with Crippen molar-refractivity contribution in [2.75, 3.05) is 0 Å². The van der Waals surface area contributed by atoms with Crippen molar-refractivity contribution < 1.29 is 8.19 Å². The molecule has 4 heteroatoms. The molecule has 0 aliphatic rings. The average Bonchev–Trinajstić information content (AvgIpc) is 2.36. The number of hydrogen-bond donors (Lipinski definition) is 0. The summed E-state index contributed by atoms with van der Waals surface area (Å²) in [6.45, 7) is 13.4. The SMILES string of the molecule is C[CH2][Ge]([CH2]C)([CH2]C)[O]c1ccccc1O[Si](C)(C)C. The van der Waals surface area contributed by atoms with E-state index >= 15 is 0 Å². The van der Waals surface area contributed by atoms with Gasteiger partial charge in [0.05, 0.1) is 0 Å². The van der Waals surface area contributed by atoms with Gasteiger partial charge in [0.15, 0.2) is 0 Å². The van der Waals surface area contributed by atoms with Crippen LogP contribution in [0, 0.1) is 0 Å². The van der Waals surface area contributed by atoms with Gasteiger partial charge in [-0.15, -0.1) is 0 Å². The molecular weight excluding hydrogens is 313 g/mol. The Labute approximate surface area is 122 Å². The van der Waals surface area contributed by atoms with Crippen LogP contribution in [0.15, 0.2) is 24.3 Å². The first kappa shape index (κ1) is 16.6. The molecule has 0 bridgehead atoms. The van der Waals surface area contributed by atoms with E-state index in [2.05, 4.69) is 46.5 Å². The predicted octanol–water partition coefficient (Wildman–Crippen LogP) is 5.28. The minimum absolute atomic E-state index is 0.937. The van der Waals surface area contributed by atoms with Crippen molar-refractivity contribution in [3.05, 3.63) is 24.3 Å². The molecule has 0 radical (unpaired) electrons. The van der Waals surface area contributed by atoms with Gasteiger partial charge in [0.25, 0.3) is 0 Å². The molecule has 0 heterocycles. The van der Waals surface area contributed by atoms with Crippen LogP contribution < -0.4 is 8.19 Å². The zero-order chi connectivity index (χ0) is 14.5. The quantitative estimate of drug-likeness (QED) is 0.628. The molecule has 0 atom stereocenters. The van der Waals surface area contributed by atoms with Crippen LogP contribution in [0.25, 0.3) is 0 Å². The maximum atomic E-state index is 6.51. The molecule has 0 saturated heterocycles. The Morgan fingerprint density at radius 1 is 0.895 bits per heavy atom. The van der Waals surface area contributed by atoms with Gasteiger partial charge in [-0.2, -0.15) is 0 Å². The molecule has 0 aliphatic heterocycles. The number of hydrogen-bond acceptors (Lipinski definition) is 2. The van der Waals surface area contributed by atoms with Crippen molar-refractivity contribution in [3.8, 4) is 11.5 Å². The molecule has 2 nitrogen and oxygen atoms in total. The van der Waals surface area contributed by atoms with Gasteiger partial charge in [-0.3, -0.25) is 0 Å². The van der Waals surface area contributed by atoms with Crippen LogP contribution >= 0.6 is 0 Å². The molecular formula is C15H28GeO2Si. The zero-order valence-electron chi connectivity index (χ0n) is 13.2. The standard InChI is InChI=1S/C15H28GeO2Si/c1-7-16(8-2,9-3)17-14-12-10-11-13-15(14)18-19(4,5)6/h10-13H,7-9H2,1-6H3. The van der Waals surface area contributed by atoms with Gasteiger partial charge < -0.3 is 0 Å². The summed E-state index contributed by atoms with van der Waals surface area (Å²) in [5, 5.41) is 3.61. The first-order valence-corrected chi connectivity index (χ1v) is 16.0. The molecule has 1 aromatic rings. The Kier molecular flexibility index (Phi) is 5.99.